The van der Waals surface area contributed by atoms with E-state index in [1.54, 1.807) is 23.1 Å². The second-order valence-corrected chi connectivity index (χ2v) is 8.17. The predicted molar refractivity (Wildman–Crippen MR) is 110 cm³/mol. The standard InChI is InChI=1S/C20H20FN5O3S/c21-15-6-2-1-5-14(15)19-24-23-18(30-19)13-4-3-9-26(12-13)17(28)8-11-25-10-7-16(27)22-20(25)29/h1-2,5-7,10,13H,3-4,8-9,11-12H2,(H,22,27,29)/t13-/m0/s1. The van der Waals surface area contributed by atoms with Crippen molar-refractivity contribution in [3.63, 3.8) is 0 Å². The number of aryl methyl sites for hydroxylation is 1. The van der Waals surface area contributed by atoms with Crippen molar-refractivity contribution in [2.45, 2.75) is 31.7 Å². The first-order chi connectivity index (χ1) is 14.5. The summed E-state index contributed by atoms with van der Waals surface area (Å²) in [7, 11) is 0. The van der Waals surface area contributed by atoms with Crippen molar-refractivity contribution in [1.29, 1.82) is 0 Å². The molecular weight excluding hydrogens is 409 g/mol. The van der Waals surface area contributed by atoms with Gasteiger partial charge in [-0.1, -0.05) is 23.5 Å². The van der Waals surface area contributed by atoms with Crippen molar-refractivity contribution in [3.8, 4) is 10.6 Å². The zero-order valence-electron chi connectivity index (χ0n) is 16.1. The van der Waals surface area contributed by atoms with Gasteiger partial charge in [-0.15, -0.1) is 10.2 Å². The summed E-state index contributed by atoms with van der Waals surface area (Å²) in [6.07, 6.45) is 3.27. The molecule has 1 aliphatic heterocycles. The number of carbonyl (C=O) groups is 1. The Morgan fingerprint density at radius 3 is 2.87 bits per heavy atom. The maximum Gasteiger partial charge on any atom is 0.328 e. The fraction of sp³-hybridized carbons (Fsp3) is 0.350. The lowest BCUT2D eigenvalue weighted by atomic mass is 9.98. The van der Waals surface area contributed by atoms with Crippen molar-refractivity contribution < 1.29 is 9.18 Å². The summed E-state index contributed by atoms with van der Waals surface area (Å²) in [4.78, 5) is 39.5. The van der Waals surface area contributed by atoms with Gasteiger partial charge in [-0.25, -0.2) is 9.18 Å². The van der Waals surface area contributed by atoms with Crippen LogP contribution in [0, 0.1) is 5.82 Å². The molecule has 156 valence electrons. The molecular formula is C20H20FN5O3S. The van der Waals surface area contributed by atoms with Gasteiger partial charge in [0.15, 0.2) is 5.01 Å². The lowest BCUT2D eigenvalue weighted by molar-refractivity contribution is -0.132. The molecule has 0 bridgehead atoms. The van der Waals surface area contributed by atoms with Crippen molar-refractivity contribution in [3.05, 3.63) is 68.2 Å². The molecule has 0 spiro atoms. The first-order valence-electron chi connectivity index (χ1n) is 9.67. The van der Waals surface area contributed by atoms with E-state index in [9.17, 15) is 18.8 Å². The van der Waals surface area contributed by atoms with Crippen LogP contribution in [0.3, 0.4) is 0 Å². The first-order valence-corrected chi connectivity index (χ1v) is 10.5. The summed E-state index contributed by atoms with van der Waals surface area (Å²) in [5, 5.41) is 9.72. The van der Waals surface area contributed by atoms with Crippen LogP contribution in [0.4, 0.5) is 4.39 Å². The van der Waals surface area contributed by atoms with Crippen LogP contribution >= 0.6 is 11.3 Å². The molecule has 1 fully saturated rings. The lowest BCUT2D eigenvalue weighted by Gasteiger charge is -2.31. The monoisotopic (exact) mass is 429 g/mol. The third-order valence-corrected chi connectivity index (χ3v) is 6.25. The van der Waals surface area contributed by atoms with Gasteiger partial charge in [0.05, 0.1) is 0 Å². The van der Waals surface area contributed by atoms with E-state index in [1.165, 1.54) is 34.2 Å². The van der Waals surface area contributed by atoms with Crippen molar-refractivity contribution in [2.24, 2.45) is 0 Å². The lowest BCUT2D eigenvalue weighted by Crippen LogP contribution is -2.40. The van der Waals surface area contributed by atoms with E-state index in [2.05, 4.69) is 15.2 Å². The number of likely N-dealkylation sites (tertiary alicyclic amines) is 1. The SMILES string of the molecule is O=C(CCn1ccc(=O)[nH]c1=O)N1CCC[C@H](c2nnc(-c3ccccc3F)s2)C1. The molecule has 1 atom stereocenters. The molecule has 0 aliphatic carbocycles. The highest BCUT2D eigenvalue weighted by Gasteiger charge is 2.27. The topological polar surface area (TPSA) is 101 Å². The zero-order chi connectivity index (χ0) is 21.1. The number of benzene rings is 1. The van der Waals surface area contributed by atoms with Crippen LogP contribution in [-0.4, -0.2) is 43.6 Å². The minimum absolute atomic E-state index is 0.0523. The number of aromatic amines is 1. The molecule has 30 heavy (non-hydrogen) atoms. The molecule has 1 aliphatic rings. The molecule has 4 rings (SSSR count). The number of nitrogens with zero attached hydrogens (tertiary/aromatic N) is 4. The van der Waals surface area contributed by atoms with Gasteiger partial charge in [0.1, 0.15) is 10.8 Å². The van der Waals surface area contributed by atoms with Gasteiger partial charge in [0.2, 0.25) is 5.91 Å². The highest BCUT2D eigenvalue weighted by Crippen LogP contribution is 2.33. The number of aromatic nitrogens is 4. The van der Waals surface area contributed by atoms with Crippen molar-refractivity contribution >= 4 is 17.2 Å². The number of hydrogen-bond acceptors (Lipinski definition) is 6. The van der Waals surface area contributed by atoms with E-state index in [-0.39, 0.29) is 30.6 Å². The van der Waals surface area contributed by atoms with Gasteiger partial charge in [-0.05, 0) is 25.0 Å². The van der Waals surface area contributed by atoms with Gasteiger partial charge >= 0.3 is 5.69 Å². The van der Waals surface area contributed by atoms with E-state index in [0.29, 0.717) is 23.7 Å². The van der Waals surface area contributed by atoms with Crippen molar-refractivity contribution in [1.82, 2.24) is 24.6 Å². The fourth-order valence-electron chi connectivity index (χ4n) is 3.54. The Morgan fingerprint density at radius 1 is 1.23 bits per heavy atom. The van der Waals surface area contributed by atoms with Crippen LogP contribution < -0.4 is 11.2 Å². The Bertz CT molecular complexity index is 1170. The fourth-order valence-corrected chi connectivity index (χ4v) is 4.54. The highest BCUT2D eigenvalue weighted by molar-refractivity contribution is 7.14. The van der Waals surface area contributed by atoms with Gasteiger partial charge < -0.3 is 9.47 Å². The number of piperidine rings is 1. The van der Waals surface area contributed by atoms with Crippen LogP contribution in [0.5, 0.6) is 0 Å². The molecule has 1 N–H and O–H groups in total. The first kappa shape index (κ1) is 20.1. The van der Waals surface area contributed by atoms with E-state index in [0.717, 1.165) is 17.8 Å². The van der Waals surface area contributed by atoms with Crippen LogP contribution in [0.25, 0.3) is 10.6 Å². The maximum atomic E-state index is 14.0. The Kier molecular flexibility index (Phi) is 5.84. The number of amides is 1. The summed E-state index contributed by atoms with van der Waals surface area (Å²) in [5.41, 5.74) is -0.564. The largest absolute Gasteiger partial charge is 0.342 e. The molecule has 0 saturated carbocycles. The van der Waals surface area contributed by atoms with E-state index < -0.39 is 11.2 Å². The predicted octanol–water partition coefficient (Wildman–Crippen LogP) is 1.99. The molecule has 0 unspecified atom stereocenters. The summed E-state index contributed by atoms with van der Waals surface area (Å²) in [5.74, 6) is -0.341. The van der Waals surface area contributed by atoms with Crippen LogP contribution in [0.1, 0.15) is 30.2 Å². The summed E-state index contributed by atoms with van der Waals surface area (Å²) < 4.78 is 15.3. The second-order valence-electron chi connectivity index (χ2n) is 7.16. The second kappa shape index (κ2) is 8.70. The Morgan fingerprint density at radius 2 is 2.07 bits per heavy atom. The number of rotatable bonds is 5. The molecule has 0 radical (unpaired) electrons. The van der Waals surface area contributed by atoms with Gasteiger partial charge in [0.25, 0.3) is 5.56 Å². The van der Waals surface area contributed by atoms with Crippen LogP contribution in [0.15, 0.2) is 46.1 Å². The molecule has 8 nitrogen and oxygen atoms in total. The van der Waals surface area contributed by atoms with E-state index in [4.69, 9.17) is 0 Å². The third kappa shape index (κ3) is 4.38. The smallest absolute Gasteiger partial charge is 0.328 e. The van der Waals surface area contributed by atoms with Gasteiger partial charge in [0, 0.05) is 49.8 Å². The molecule has 1 saturated heterocycles. The number of hydrogen-bond donors (Lipinski definition) is 1. The van der Waals surface area contributed by atoms with Crippen LogP contribution in [0.2, 0.25) is 0 Å². The van der Waals surface area contributed by atoms with E-state index in [1.807, 2.05) is 0 Å². The van der Waals surface area contributed by atoms with Gasteiger partial charge in [-0.2, -0.15) is 0 Å². The van der Waals surface area contributed by atoms with Gasteiger partial charge in [-0.3, -0.25) is 14.6 Å². The molecule has 3 heterocycles. The molecule has 10 heteroatoms. The molecule has 1 aromatic carbocycles. The Balaban J connectivity index is 1.41. The summed E-state index contributed by atoms with van der Waals surface area (Å²) >= 11 is 1.35. The minimum atomic E-state index is -0.527. The van der Waals surface area contributed by atoms with Crippen molar-refractivity contribution in [2.75, 3.05) is 13.1 Å². The van der Waals surface area contributed by atoms with Crippen LogP contribution in [-0.2, 0) is 11.3 Å². The molecule has 1 amide bonds. The maximum absolute atomic E-state index is 14.0. The van der Waals surface area contributed by atoms with E-state index >= 15 is 0 Å². The number of nitrogens with one attached hydrogen (secondary N) is 1. The zero-order valence-corrected chi connectivity index (χ0v) is 16.9. The summed E-state index contributed by atoms with van der Waals surface area (Å²) in [6.45, 7) is 1.37. The average molecular weight is 429 g/mol. The highest BCUT2D eigenvalue weighted by atomic mass is 32.1. The average Bonchev–Trinajstić information content (AvgIpc) is 3.23. The quantitative estimate of drug-likeness (QED) is 0.669. The molecule has 3 aromatic rings. The third-order valence-electron chi connectivity index (χ3n) is 5.13. The Labute approximate surface area is 175 Å². The number of carbonyl (C=O) groups excluding carboxylic acids is 1. The number of halogens is 1. The minimum Gasteiger partial charge on any atom is -0.342 e. The summed E-state index contributed by atoms with van der Waals surface area (Å²) in [6, 6.07) is 7.71. The Hall–Kier alpha value is -3.14. The molecule has 2 aromatic heterocycles. The normalized spacial score (nSPS) is 16.6. The number of H-pyrrole nitrogens is 1.